The van der Waals surface area contributed by atoms with Crippen LogP contribution in [-0.2, 0) is 14.3 Å². The summed E-state index contributed by atoms with van der Waals surface area (Å²) < 4.78 is 10.8. The quantitative estimate of drug-likeness (QED) is 0.680. The van der Waals surface area contributed by atoms with Crippen molar-refractivity contribution in [3.8, 4) is 0 Å². The summed E-state index contributed by atoms with van der Waals surface area (Å²) in [7, 11) is 0. The van der Waals surface area contributed by atoms with Crippen molar-refractivity contribution in [3.63, 3.8) is 0 Å². The molecule has 0 saturated carbocycles. The Bertz CT molecular complexity index is 725. The fourth-order valence-electron chi connectivity index (χ4n) is 2.63. The summed E-state index contributed by atoms with van der Waals surface area (Å²) in [5, 5.41) is 0. The molecule has 3 rings (SSSR count). The second-order valence-electron chi connectivity index (χ2n) is 5.76. The number of rotatable bonds is 4. The molecule has 0 aliphatic carbocycles. The molecule has 1 fully saturated rings. The van der Waals surface area contributed by atoms with Crippen molar-refractivity contribution in [1.82, 2.24) is 4.90 Å². The maximum atomic E-state index is 12.9. The van der Waals surface area contributed by atoms with Crippen molar-refractivity contribution >= 4 is 17.6 Å². The van der Waals surface area contributed by atoms with Crippen LogP contribution in [0.2, 0.25) is 0 Å². The Kier molecular flexibility index (Phi) is 5.30. The first kappa shape index (κ1) is 17.0. The molecule has 0 bridgehead atoms. The van der Waals surface area contributed by atoms with Gasteiger partial charge in [-0.1, -0.05) is 30.3 Å². The number of benzene rings is 2. The van der Waals surface area contributed by atoms with E-state index in [0.717, 1.165) is 0 Å². The molecule has 2 aromatic rings. The number of nitrogen functional groups attached to an aromatic ring is 1. The van der Waals surface area contributed by atoms with Gasteiger partial charge in [-0.05, 0) is 24.3 Å². The number of nitrogens with zero attached hydrogens (tertiary/aromatic N) is 1. The second kappa shape index (κ2) is 7.81. The number of hydrogen-bond donors (Lipinski definition) is 1. The molecule has 1 heterocycles. The summed E-state index contributed by atoms with van der Waals surface area (Å²) in [4.78, 5) is 27.0. The molecule has 1 amide bonds. The summed E-state index contributed by atoms with van der Waals surface area (Å²) >= 11 is 0. The van der Waals surface area contributed by atoms with E-state index in [0.29, 0.717) is 43.1 Å². The normalized spacial score (nSPS) is 15.4. The van der Waals surface area contributed by atoms with Gasteiger partial charge in [-0.3, -0.25) is 4.79 Å². The molecule has 2 aromatic carbocycles. The molecule has 2 N–H and O–H groups in total. The zero-order valence-electron chi connectivity index (χ0n) is 13.8. The van der Waals surface area contributed by atoms with Crippen molar-refractivity contribution in [3.05, 3.63) is 65.7 Å². The first-order valence-electron chi connectivity index (χ1n) is 8.13. The molecule has 1 atom stereocenters. The first-order chi connectivity index (χ1) is 12.1. The highest BCUT2D eigenvalue weighted by Gasteiger charge is 2.30. The Hall–Kier alpha value is -2.86. The van der Waals surface area contributed by atoms with E-state index < -0.39 is 12.1 Å². The predicted molar refractivity (Wildman–Crippen MR) is 92.9 cm³/mol. The first-order valence-corrected chi connectivity index (χ1v) is 8.13. The second-order valence-corrected chi connectivity index (χ2v) is 5.76. The topological polar surface area (TPSA) is 81.9 Å². The van der Waals surface area contributed by atoms with E-state index in [-0.39, 0.29) is 5.91 Å². The molecule has 0 radical (unpaired) electrons. The molecule has 0 unspecified atom stereocenters. The monoisotopic (exact) mass is 340 g/mol. The van der Waals surface area contributed by atoms with Crippen LogP contribution in [0.4, 0.5) is 5.69 Å². The number of morpholine rings is 1. The molecule has 0 aromatic heterocycles. The van der Waals surface area contributed by atoms with Crippen LogP contribution in [0.1, 0.15) is 22.0 Å². The molecule has 6 heteroatoms. The summed E-state index contributed by atoms with van der Waals surface area (Å²) in [6.45, 7) is 1.95. The Morgan fingerprint density at radius 3 is 2.28 bits per heavy atom. The minimum Gasteiger partial charge on any atom is -0.444 e. The van der Waals surface area contributed by atoms with Gasteiger partial charge in [0.2, 0.25) is 6.10 Å². The van der Waals surface area contributed by atoms with Crippen LogP contribution >= 0.6 is 0 Å². The van der Waals surface area contributed by atoms with Crippen molar-refractivity contribution in [1.29, 1.82) is 0 Å². The third-order valence-corrected chi connectivity index (χ3v) is 4.02. The summed E-state index contributed by atoms with van der Waals surface area (Å²) in [6, 6.07) is 15.4. The van der Waals surface area contributed by atoms with Crippen LogP contribution in [0.15, 0.2) is 54.6 Å². The SMILES string of the molecule is Nc1ccc(C(=O)O[C@H](C(=O)N2CCOCC2)c2ccccc2)cc1. The molecule has 1 saturated heterocycles. The van der Waals surface area contributed by atoms with E-state index in [4.69, 9.17) is 15.2 Å². The van der Waals surface area contributed by atoms with E-state index in [1.165, 1.54) is 0 Å². The molecule has 25 heavy (non-hydrogen) atoms. The predicted octanol–water partition coefficient (Wildman–Crippen LogP) is 2.03. The number of carbonyl (C=O) groups is 2. The van der Waals surface area contributed by atoms with Gasteiger partial charge in [-0.15, -0.1) is 0 Å². The average molecular weight is 340 g/mol. The molecular formula is C19H20N2O4. The summed E-state index contributed by atoms with van der Waals surface area (Å²) in [5.41, 5.74) is 7.19. The summed E-state index contributed by atoms with van der Waals surface area (Å²) in [5.74, 6) is -0.797. The van der Waals surface area contributed by atoms with Crippen LogP contribution in [0.3, 0.4) is 0 Å². The Balaban J connectivity index is 1.82. The number of hydrogen-bond acceptors (Lipinski definition) is 5. The van der Waals surface area contributed by atoms with E-state index >= 15 is 0 Å². The lowest BCUT2D eigenvalue weighted by atomic mass is 10.1. The highest BCUT2D eigenvalue weighted by atomic mass is 16.5. The van der Waals surface area contributed by atoms with Crippen molar-refractivity contribution < 1.29 is 19.1 Å². The van der Waals surface area contributed by atoms with Crippen molar-refractivity contribution in [2.45, 2.75) is 6.10 Å². The number of nitrogens with two attached hydrogens (primary N) is 1. The molecule has 6 nitrogen and oxygen atoms in total. The smallest absolute Gasteiger partial charge is 0.339 e. The zero-order chi connectivity index (χ0) is 17.6. The van der Waals surface area contributed by atoms with Gasteiger partial charge < -0.3 is 20.1 Å². The van der Waals surface area contributed by atoms with Crippen LogP contribution in [-0.4, -0.2) is 43.1 Å². The van der Waals surface area contributed by atoms with Gasteiger partial charge in [-0.25, -0.2) is 4.79 Å². The fourth-order valence-corrected chi connectivity index (χ4v) is 2.63. The highest BCUT2D eigenvalue weighted by Crippen LogP contribution is 2.23. The Morgan fingerprint density at radius 2 is 1.64 bits per heavy atom. The maximum absolute atomic E-state index is 12.9. The Labute approximate surface area is 146 Å². The maximum Gasteiger partial charge on any atom is 0.339 e. The zero-order valence-corrected chi connectivity index (χ0v) is 13.8. The lowest BCUT2D eigenvalue weighted by Crippen LogP contribution is -2.44. The van der Waals surface area contributed by atoms with Crippen LogP contribution < -0.4 is 5.73 Å². The molecular weight excluding hydrogens is 320 g/mol. The summed E-state index contributed by atoms with van der Waals surface area (Å²) in [6.07, 6.45) is -0.982. The van der Waals surface area contributed by atoms with Gasteiger partial charge in [-0.2, -0.15) is 0 Å². The minimum absolute atomic E-state index is 0.238. The van der Waals surface area contributed by atoms with E-state index in [1.807, 2.05) is 18.2 Å². The molecule has 1 aliphatic heterocycles. The van der Waals surface area contributed by atoms with Gasteiger partial charge in [0.25, 0.3) is 5.91 Å². The number of carbonyl (C=O) groups excluding carboxylic acids is 2. The lowest BCUT2D eigenvalue weighted by Gasteiger charge is -2.30. The lowest BCUT2D eigenvalue weighted by molar-refractivity contribution is -0.145. The fraction of sp³-hybridized carbons (Fsp3) is 0.263. The standard InChI is InChI=1S/C19H20N2O4/c20-16-8-6-15(7-9-16)19(23)25-17(14-4-2-1-3-5-14)18(22)21-10-12-24-13-11-21/h1-9,17H,10-13,20H2/t17-/m0/s1. The highest BCUT2D eigenvalue weighted by molar-refractivity contribution is 5.93. The Morgan fingerprint density at radius 1 is 1.00 bits per heavy atom. The molecule has 130 valence electrons. The third-order valence-electron chi connectivity index (χ3n) is 4.02. The van der Waals surface area contributed by atoms with Gasteiger partial charge >= 0.3 is 5.97 Å². The van der Waals surface area contributed by atoms with Gasteiger partial charge in [0.15, 0.2) is 0 Å². The van der Waals surface area contributed by atoms with E-state index in [9.17, 15) is 9.59 Å². The van der Waals surface area contributed by atoms with Crippen molar-refractivity contribution in [2.75, 3.05) is 32.0 Å². The number of amides is 1. The van der Waals surface area contributed by atoms with Crippen LogP contribution in [0, 0.1) is 0 Å². The molecule has 0 spiro atoms. The third kappa shape index (κ3) is 4.16. The molecule has 1 aliphatic rings. The number of anilines is 1. The average Bonchev–Trinajstić information content (AvgIpc) is 2.67. The van der Waals surface area contributed by atoms with E-state index in [2.05, 4.69) is 0 Å². The van der Waals surface area contributed by atoms with Crippen molar-refractivity contribution in [2.24, 2.45) is 0 Å². The minimum atomic E-state index is -0.982. The largest absolute Gasteiger partial charge is 0.444 e. The van der Waals surface area contributed by atoms with Gasteiger partial charge in [0, 0.05) is 24.3 Å². The number of ether oxygens (including phenoxy) is 2. The van der Waals surface area contributed by atoms with E-state index in [1.54, 1.807) is 41.3 Å². The van der Waals surface area contributed by atoms with Gasteiger partial charge in [0.05, 0.1) is 18.8 Å². The van der Waals surface area contributed by atoms with Crippen LogP contribution in [0.5, 0.6) is 0 Å². The number of esters is 1. The van der Waals surface area contributed by atoms with Crippen LogP contribution in [0.25, 0.3) is 0 Å². The van der Waals surface area contributed by atoms with Gasteiger partial charge in [0.1, 0.15) is 0 Å².